The van der Waals surface area contributed by atoms with Crippen LogP contribution in [0.2, 0.25) is 0 Å². The lowest BCUT2D eigenvalue weighted by Crippen LogP contribution is -2.28. The van der Waals surface area contributed by atoms with Crippen LogP contribution >= 0.6 is 0 Å². The minimum Gasteiger partial charge on any atom is -0.460 e. The molecule has 0 bridgehead atoms. The number of ether oxygens (including phenoxy) is 1. The van der Waals surface area contributed by atoms with Gasteiger partial charge in [-0.05, 0) is 83.7 Å². The molecule has 2 N–H and O–H groups in total. The van der Waals surface area contributed by atoms with Crippen LogP contribution in [0.5, 0.6) is 0 Å². The molecule has 0 spiro atoms. The molecule has 0 radical (unpaired) electrons. The third-order valence-corrected chi connectivity index (χ3v) is 6.06. The number of carbonyl (C=O) groups excluding carboxylic acids is 1. The van der Waals surface area contributed by atoms with E-state index in [2.05, 4.69) is 11.1 Å². The fourth-order valence-corrected chi connectivity index (χ4v) is 4.65. The third kappa shape index (κ3) is 7.27. The molecule has 7 nitrogen and oxygen atoms in total. The minimum absolute atomic E-state index is 0.00567. The molecule has 2 heterocycles. The maximum Gasteiger partial charge on any atom is 0.308 e. The molecular weight excluding hydrogens is 485 g/mol. The Morgan fingerprint density at radius 1 is 1.11 bits per heavy atom. The van der Waals surface area contributed by atoms with Crippen molar-refractivity contribution < 1.29 is 24.1 Å². The molecule has 1 aromatic carbocycles. The smallest absolute Gasteiger partial charge is 0.308 e. The zero-order chi connectivity index (χ0) is 28.0. The number of aromatic nitrogens is 2. The molecule has 3 rings (SSSR count). The summed E-state index contributed by atoms with van der Waals surface area (Å²) in [4.78, 5) is 16.6. The molecule has 202 valence electrons. The predicted molar refractivity (Wildman–Crippen MR) is 144 cm³/mol. The second-order valence-electron chi connectivity index (χ2n) is 10.7. The Balaban J connectivity index is 1.96. The summed E-state index contributed by atoms with van der Waals surface area (Å²) in [5.41, 5.74) is 3.36. The van der Waals surface area contributed by atoms with Crippen molar-refractivity contribution in [3.05, 3.63) is 65.9 Å². The van der Waals surface area contributed by atoms with Crippen LogP contribution in [-0.2, 0) is 16.0 Å². The Morgan fingerprint density at radius 3 is 2.34 bits per heavy atom. The summed E-state index contributed by atoms with van der Waals surface area (Å²) in [5, 5.41) is 31.3. The number of nitriles is 1. The molecule has 0 aliphatic heterocycles. The van der Waals surface area contributed by atoms with Crippen molar-refractivity contribution >= 4 is 5.97 Å². The third-order valence-electron chi connectivity index (χ3n) is 6.06. The number of pyridine rings is 1. The molecule has 0 fully saturated rings. The largest absolute Gasteiger partial charge is 0.460 e. The molecule has 3 aromatic rings. The van der Waals surface area contributed by atoms with Gasteiger partial charge in [-0.15, -0.1) is 0 Å². The first kappa shape index (κ1) is 29.0. The van der Waals surface area contributed by atoms with E-state index in [1.165, 1.54) is 12.1 Å². The highest BCUT2D eigenvalue weighted by Crippen LogP contribution is 2.41. The van der Waals surface area contributed by atoms with Gasteiger partial charge in [-0.1, -0.05) is 18.2 Å². The van der Waals surface area contributed by atoms with Gasteiger partial charge in [0.2, 0.25) is 0 Å². The second kappa shape index (κ2) is 12.3. The van der Waals surface area contributed by atoms with Gasteiger partial charge in [0.1, 0.15) is 23.2 Å². The Morgan fingerprint density at radius 2 is 1.79 bits per heavy atom. The number of aliphatic hydroxyl groups excluding tert-OH is 2. The van der Waals surface area contributed by atoms with E-state index < -0.39 is 23.8 Å². The van der Waals surface area contributed by atoms with Crippen LogP contribution in [0.25, 0.3) is 22.4 Å². The number of benzene rings is 1. The summed E-state index contributed by atoms with van der Waals surface area (Å²) in [6, 6.07) is 13.8. The van der Waals surface area contributed by atoms with Crippen molar-refractivity contribution in [1.82, 2.24) is 9.55 Å². The van der Waals surface area contributed by atoms with Crippen LogP contribution in [0, 0.1) is 17.1 Å². The summed E-state index contributed by atoms with van der Waals surface area (Å²) < 4.78 is 21.0. The topological polar surface area (TPSA) is 108 Å². The van der Waals surface area contributed by atoms with Crippen molar-refractivity contribution in [3.8, 4) is 28.5 Å². The number of rotatable bonds is 10. The number of aliphatic hydroxyl groups is 2. The molecule has 0 aliphatic carbocycles. The van der Waals surface area contributed by atoms with Crippen LogP contribution in [-0.4, -0.2) is 43.5 Å². The van der Waals surface area contributed by atoms with Gasteiger partial charge in [0.25, 0.3) is 0 Å². The fourth-order valence-electron chi connectivity index (χ4n) is 4.65. The predicted octanol–water partition coefficient (Wildman–Crippen LogP) is 5.59. The average Bonchev–Trinajstić information content (AvgIpc) is 3.17. The van der Waals surface area contributed by atoms with Crippen LogP contribution in [0.3, 0.4) is 0 Å². The number of nitrogens with zero attached hydrogens (tertiary/aromatic N) is 3. The molecule has 0 aliphatic rings. The zero-order valence-electron chi connectivity index (χ0n) is 22.6. The van der Waals surface area contributed by atoms with E-state index in [-0.39, 0.29) is 31.1 Å². The highest BCUT2D eigenvalue weighted by molar-refractivity contribution is 5.88. The number of halogens is 1. The van der Waals surface area contributed by atoms with E-state index in [4.69, 9.17) is 4.74 Å². The summed E-state index contributed by atoms with van der Waals surface area (Å²) in [7, 11) is 0. The van der Waals surface area contributed by atoms with Gasteiger partial charge >= 0.3 is 5.97 Å². The van der Waals surface area contributed by atoms with Gasteiger partial charge in [-0.3, -0.25) is 9.78 Å². The summed E-state index contributed by atoms with van der Waals surface area (Å²) >= 11 is 0. The minimum atomic E-state index is -1.05. The fraction of sp³-hybridized carbons (Fsp3) is 0.433. The van der Waals surface area contributed by atoms with Gasteiger partial charge in [0.05, 0.1) is 24.3 Å². The van der Waals surface area contributed by atoms with Gasteiger partial charge in [0, 0.05) is 29.1 Å². The summed E-state index contributed by atoms with van der Waals surface area (Å²) in [6.45, 7) is 9.21. The van der Waals surface area contributed by atoms with Gasteiger partial charge in [-0.25, -0.2) is 4.39 Å². The summed E-state index contributed by atoms with van der Waals surface area (Å²) in [6.07, 6.45) is 0.175. The van der Waals surface area contributed by atoms with Crippen LogP contribution in [0.1, 0.15) is 71.3 Å². The van der Waals surface area contributed by atoms with Crippen LogP contribution < -0.4 is 0 Å². The van der Waals surface area contributed by atoms with Crippen LogP contribution in [0.15, 0.2) is 48.7 Å². The Bertz CT molecular complexity index is 1270. The van der Waals surface area contributed by atoms with Crippen molar-refractivity contribution in [1.29, 1.82) is 5.26 Å². The molecule has 2 unspecified atom stereocenters. The second-order valence-corrected chi connectivity index (χ2v) is 10.7. The molecular formula is C30H36FN3O4. The first-order valence-electron chi connectivity index (χ1n) is 12.8. The first-order chi connectivity index (χ1) is 17.9. The van der Waals surface area contributed by atoms with E-state index in [0.29, 0.717) is 23.4 Å². The highest BCUT2D eigenvalue weighted by atomic mass is 19.1. The molecule has 0 saturated carbocycles. The Labute approximate surface area is 223 Å². The molecule has 2 aromatic heterocycles. The van der Waals surface area contributed by atoms with Crippen molar-refractivity contribution in [3.63, 3.8) is 0 Å². The first-order valence-corrected chi connectivity index (χ1v) is 12.8. The quantitative estimate of drug-likeness (QED) is 0.337. The van der Waals surface area contributed by atoms with E-state index in [0.717, 1.165) is 16.8 Å². The Hall–Kier alpha value is -3.54. The number of esters is 1. The molecule has 8 heteroatoms. The lowest BCUT2D eigenvalue weighted by Gasteiger charge is -2.22. The summed E-state index contributed by atoms with van der Waals surface area (Å²) in [5.74, 6) is -0.893. The van der Waals surface area contributed by atoms with E-state index in [1.54, 1.807) is 45.2 Å². The normalized spacial score (nSPS) is 13.3. The Kier molecular flexibility index (Phi) is 9.42. The molecule has 0 amide bonds. The van der Waals surface area contributed by atoms with Crippen molar-refractivity contribution in [2.75, 3.05) is 0 Å². The maximum absolute atomic E-state index is 13.8. The lowest BCUT2D eigenvalue weighted by molar-refractivity contribution is -0.157. The monoisotopic (exact) mass is 521 g/mol. The zero-order valence-corrected chi connectivity index (χ0v) is 22.6. The van der Waals surface area contributed by atoms with Gasteiger partial charge < -0.3 is 19.5 Å². The molecule has 38 heavy (non-hydrogen) atoms. The SMILES string of the molecule is CC(C)n1c(C#N)c(-c2ccccn2)c(-c2ccc(F)cc2)c1CCC(O)CC(O)CC(=O)OC(C)(C)C. The van der Waals surface area contributed by atoms with E-state index in [1.807, 2.05) is 30.5 Å². The standard InChI is InChI=1S/C30H36FN3O4/c1-19(2)34-25(14-13-22(35)16-23(36)17-27(37)38-30(3,4)5)28(20-9-11-21(31)12-10-20)29(26(34)18-32)24-8-6-7-15-33-24/h6-12,15,19,22-23,35-36H,13-14,16-17H2,1-5H3. The molecule has 2 atom stereocenters. The van der Waals surface area contributed by atoms with E-state index >= 15 is 0 Å². The number of hydrogen-bond acceptors (Lipinski definition) is 6. The maximum atomic E-state index is 13.8. The number of hydrogen-bond donors (Lipinski definition) is 2. The van der Waals surface area contributed by atoms with Crippen LogP contribution in [0.4, 0.5) is 4.39 Å². The van der Waals surface area contributed by atoms with Gasteiger partial charge in [-0.2, -0.15) is 5.26 Å². The lowest BCUT2D eigenvalue weighted by atomic mass is 9.95. The van der Waals surface area contributed by atoms with Crippen molar-refractivity contribution in [2.24, 2.45) is 0 Å². The number of carbonyl (C=O) groups is 1. The van der Waals surface area contributed by atoms with Gasteiger partial charge in [0.15, 0.2) is 0 Å². The average molecular weight is 522 g/mol. The van der Waals surface area contributed by atoms with E-state index in [9.17, 15) is 24.7 Å². The van der Waals surface area contributed by atoms with Crippen molar-refractivity contribution in [2.45, 2.75) is 84.2 Å². The molecule has 0 saturated heterocycles. The highest BCUT2D eigenvalue weighted by Gasteiger charge is 2.28.